The third-order valence-electron chi connectivity index (χ3n) is 2.30. The molecule has 16 heavy (non-hydrogen) atoms. The molecule has 0 aliphatic carbocycles. The molecule has 0 bridgehead atoms. The van der Waals surface area contributed by atoms with Gasteiger partial charge in [-0.25, -0.2) is 4.98 Å². The molecule has 0 aliphatic heterocycles. The number of thiazole rings is 1. The summed E-state index contributed by atoms with van der Waals surface area (Å²) in [4.78, 5) is 4.51. The number of nitrogens with zero attached hydrogens (tertiary/aromatic N) is 1. The monoisotopic (exact) mass is 244 g/mol. The molecule has 0 radical (unpaired) electrons. The van der Waals surface area contributed by atoms with E-state index in [-0.39, 0.29) is 24.7 Å². The van der Waals surface area contributed by atoms with Gasteiger partial charge in [0.15, 0.2) is 0 Å². The zero-order valence-corrected chi connectivity index (χ0v) is 10.8. The second kappa shape index (κ2) is 5.72. The summed E-state index contributed by atoms with van der Waals surface area (Å²) in [5.74, 6) is 0. The highest BCUT2D eigenvalue weighted by atomic mass is 32.1. The minimum absolute atomic E-state index is 0.0615. The summed E-state index contributed by atoms with van der Waals surface area (Å²) in [5.41, 5.74) is 1.15. The highest BCUT2D eigenvalue weighted by Crippen LogP contribution is 2.23. The lowest BCUT2D eigenvalue weighted by Crippen LogP contribution is -2.35. The zero-order valence-electron chi connectivity index (χ0n) is 10.0. The molecule has 1 heterocycles. The molecular weight excluding hydrogens is 224 g/mol. The maximum atomic E-state index is 8.90. The molecule has 3 N–H and O–H groups in total. The maximum absolute atomic E-state index is 8.90. The Morgan fingerprint density at radius 1 is 1.38 bits per heavy atom. The Morgan fingerprint density at radius 2 is 2.00 bits per heavy atom. The van der Waals surface area contributed by atoms with Gasteiger partial charge in [-0.15, -0.1) is 11.3 Å². The van der Waals surface area contributed by atoms with E-state index in [1.807, 2.05) is 0 Å². The second-order valence-corrected chi connectivity index (χ2v) is 5.76. The van der Waals surface area contributed by atoms with Gasteiger partial charge in [-0.2, -0.15) is 0 Å². The van der Waals surface area contributed by atoms with Gasteiger partial charge in [-0.1, -0.05) is 20.8 Å². The van der Waals surface area contributed by atoms with Gasteiger partial charge in [0.1, 0.15) is 5.01 Å². The summed E-state index contributed by atoms with van der Waals surface area (Å²) in [7, 11) is 0. The van der Waals surface area contributed by atoms with Gasteiger partial charge in [0.2, 0.25) is 0 Å². The maximum Gasteiger partial charge on any atom is 0.107 e. The summed E-state index contributed by atoms with van der Waals surface area (Å²) in [6.45, 7) is 6.85. The van der Waals surface area contributed by atoms with Crippen molar-refractivity contribution in [2.24, 2.45) is 0 Å². The van der Waals surface area contributed by atoms with E-state index in [4.69, 9.17) is 10.2 Å². The average Bonchev–Trinajstić information content (AvgIpc) is 2.67. The van der Waals surface area contributed by atoms with Crippen LogP contribution >= 0.6 is 11.3 Å². The summed E-state index contributed by atoms with van der Waals surface area (Å²) >= 11 is 1.60. The molecule has 1 aromatic heterocycles. The molecule has 0 amide bonds. The molecule has 0 atom stereocenters. The number of hydrogen-bond acceptors (Lipinski definition) is 5. The fourth-order valence-corrected chi connectivity index (χ4v) is 2.13. The number of nitrogens with one attached hydrogen (secondary N) is 1. The predicted octanol–water partition coefficient (Wildman–Crippen LogP) is 0.883. The van der Waals surface area contributed by atoms with Crippen LogP contribution in [0.2, 0.25) is 0 Å². The van der Waals surface area contributed by atoms with Crippen LogP contribution in [0.3, 0.4) is 0 Å². The first-order valence-corrected chi connectivity index (χ1v) is 6.25. The largest absolute Gasteiger partial charge is 0.395 e. The smallest absolute Gasteiger partial charge is 0.107 e. The molecule has 0 aliphatic rings. The summed E-state index contributed by atoms with van der Waals surface area (Å²) in [6, 6.07) is -0.262. The third kappa shape index (κ3) is 3.83. The van der Waals surface area contributed by atoms with Crippen molar-refractivity contribution in [3.63, 3.8) is 0 Å². The molecule has 0 saturated carbocycles. The van der Waals surface area contributed by atoms with E-state index in [9.17, 15) is 0 Å². The van der Waals surface area contributed by atoms with E-state index < -0.39 is 0 Å². The molecule has 0 spiro atoms. The van der Waals surface area contributed by atoms with Gasteiger partial charge < -0.3 is 15.5 Å². The van der Waals surface area contributed by atoms with Crippen LogP contribution in [-0.4, -0.2) is 34.5 Å². The highest BCUT2D eigenvalue weighted by Gasteiger charge is 2.17. The van der Waals surface area contributed by atoms with Crippen LogP contribution in [0.15, 0.2) is 5.38 Å². The van der Waals surface area contributed by atoms with Crippen molar-refractivity contribution in [1.82, 2.24) is 10.3 Å². The lowest BCUT2D eigenvalue weighted by Gasteiger charge is -2.14. The van der Waals surface area contributed by atoms with E-state index in [0.717, 1.165) is 10.7 Å². The Bertz CT molecular complexity index is 316. The molecule has 0 fully saturated rings. The SMILES string of the molecule is CC(C)(C)c1csc(CNC(CO)CO)n1. The van der Waals surface area contributed by atoms with E-state index in [0.29, 0.717) is 6.54 Å². The Kier molecular flexibility index (Phi) is 4.86. The summed E-state index contributed by atoms with van der Waals surface area (Å²) in [5, 5.41) is 23.9. The summed E-state index contributed by atoms with van der Waals surface area (Å²) in [6.07, 6.45) is 0. The number of aliphatic hydroxyl groups excluding tert-OH is 2. The van der Waals surface area contributed by atoms with Crippen molar-refractivity contribution in [2.75, 3.05) is 13.2 Å². The van der Waals surface area contributed by atoms with E-state index in [2.05, 4.69) is 36.5 Å². The van der Waals surface area contributed by atoms with Crippen molar-refractivity contribution in [3.05, 3.63) is 16.1 Å². The van der Waals surface area contributed by atoms with E-state index in [1.165, 1.54) is 0 Å². The molecule has 0 aromatic carbocycles. The fourth-order valence-electron chi connectivity index (χ4n) is 1.16. The first-order chi connectivity index (χ1) is 7.47. The van der Waals surface area contributed by atoms with Crippen molar-refractivity contribution in [2.45, 2.75) is 38.8 Å². The van der Waals surface area contributed by atoms with Gasteiger partial charge in [0.25, 0.3) is 0 Å². The Hall–Kier alpha value is -0.490. The normalized spacial score (nSPS) is 12.4. The fraction of sp³-hybridized carbons (Fsp3) is 0.727. The topological polar surface area (TPSA) is 65.4 Å². The second-order valence-electron chi connectivity index (χ2n) is 4.82. The molecule has 1 aromatic rings. The quantitative estimate of drug-likeness (QED) is 0.719. The highest BCUT2D eigenvalue weighted by molar-refractivity contribution is 7.09. The minimum atomic E-state index is -0.262. The Labute approximate surface area is 100 Å². The molecule has 4 nitrogen and oxygen atoms in total. The van der Waals surface area contributed by atoms with Gasteiger partial charge in [-0.3, -0.25) is 0 Å². The van der Waals surface area contributed by atoms with Crippen LogP contribution in [0.4, 0.5) is 0 Å². The molecule has 5 heteroatoms. The average molecular weight is 244 g/mol. The molecule has 0 saturated heterocycles. The van der Waals surface area contributed by atoms with Crippen molar-refractivity contribution < 1.29 is 10.2 Å². The molecule has 0 unspecified atom stereocenters. The minimum Gasteiger partial charge on any atom is -0.395 e. The Balaban J connectivity index is 2.53. The van der Waals surface area contributed by atoms with Crippen LogP contribution in [0.5, 0.6) is 0 Å². The molecule has 1 rings (SSSR count). The number of aliphatic hydroxyl groups is 2. The predicted molar refractivity (Wildman–Crippen MR) is 65.6 cm³/mol. The number of aromatic nitrogens is 1. The van der Waals surface area contributed by atoms with Gasteiger partial charge in [0, 0.05) is 17.3 Å². The molecule has 92 valence electrons. The first-order valence-electron chi connectivity index (χ1n) is 5.37. The standard InChI is InChI=1S/C11H20N2O2S/c1-11(2,3)9-7-16-10(13-9)4-12-8(5-14)6-15/h7-8,12,14-15H,4-6H2,1-3H3. The zero-order chi connectivity index (χ0) is 12.2. The first kappa shape index (κ1) is 13.6. The lowest BCUT2D eigenvalue weighted by atomic mass is 9.93. The number of hydrogen-bond donors (Lipinski definition) is 3. The molecular formula is C11H20N2O2S. The van der Waals surface area contributed by atoms with Gasteiger partial charge >= 0.3 is 0 Å². The van der Waals surface area contributed by atoms with Crippen LogP contribution < -0.4 is 5.32 Å². The van der Waals surface area contributed by atoms with Crippen molar-refractivity contribution in [1.29, 1.82) is 0 Å². The van der Waals surface area contributed by atoms with Crippen LogP contribution in [0.25, 0.3) is 0 Å². The van der Waals surface area contributed by atoms with Crippen LogP contribution in [0, 0.1) is 0 Å². The van der Waals surface area contributed by atoms with Crippen LogP contribution in [-0.2, 0) is 12.0 Å². The van der Waals surface area contributed by atoms with E-state index >= 15 is 0 Å². The van der Waals surface area contributed by atoms with Crippen molar-refractivity contribution >= 4 is 11.3 Å². The van der Waals surface area contributed by atoms with Gasteiger partial charge in [-0.05, 0) is 0 Å². The summed E-state index contributed by atoms with van der Waals surface area (Å²) < 4.78 is 0. The third-order valence-corrected chi connectivity index (χ3v) is 3.15. The van der Waals surface area contributed by atoms with Crippen LogP contribution in [0.1, 0.15) is 31.5 Å². The van der Waals surface area contributed by atoms with Gasteiger partial charge in [0.05, 0.1) is 24.9 Å². The van der Waals surface area contributed by atoms with E-state index in [1.54, 1.807) is 11.3 Å². The Morgan fingerprint density at radius 3 is 2.44 bits per heavy atom. The van der Waals surface area contributed by atoms with Crippen molar-refractivity contribution in [3.8, 4) is 0 Å². The lowest BCUT2D eigenvalue weighted by molar-refractivity contribution is 0.170. The number of rotatable bonds is 5.